The summed E-state index contributed by atoms with van der Waals surface area (Å²) in [4.78, 5) is 46.9. The molecule has 1 aromatic heterocycles. The van der Waals surface area contributed by atoms with Crippen molar-refractivity contribution in [2.75, 3.05) is 39.5 Å². The Labute approximate surface area is 207 Å². The minimum absolute atomic E-state index is 0.0567. The topological polar surface area (TPSA) is 107 Å². The number of hydrogen-bond donors (Lipinski definition) is 3. The van der Waals surface area contributed by atoms with Crippen LogP contribution in [0.15, 0.2) is 24.3 Å². The second kappa shape index (κ2) is 11.2. The van der Waals surface area contributed by atoms with Gasteiger partial charge in [-0.3, -0.25) is 14.4 Å². The molecule has 0 radical (unpaired) electrons. The van der Waals surface area contributed by atoms with E-state index in [2.05, 4.69) is 31.8 Å². The van der Waals surface area contributed by atoms with E-state index in [1.807, 2.05) is 7.05 Å². The van der Waals surface area contributed by atoms with Crippen LogP contribution >= 0.6 is 23.6 Å². The van der Waals surface area contributed by atoms with Crippen LogP contribution in [0.2, 0.25) is 0 Å². The number of nitrogens with one attached hydrogen (secondary N) is 3. The summed E-state index contributed by atoms with van der Waals surface area (Å²) in [6.07, 6.45) is 6.11. The van der Waals surface area contributed by atoms with E-state index < -0.39 is 17.9 Å². The fraction of sp³-hybridized carbons (Fsp3) is 0.348. The molecule has 0 saturated heterocycles. The molecule has 9 nitrogen and oxygen atoms in total. The number of fused-ring (bicyclic) bond motifs is 1. The fourth-order valence-corrected chi connectivity index (χ4v) is 4.49. The first-order valence-electron chi connectivity index (χ1n) is 10.5. The molecule has 1 aliphatic rings. The van der Waals surface area contributed by atoms with Gasteiger partial charge in [-0.2, -0.15) is 0 Å². The molecular formula is C23H26N6O3S2. The van der Waals surface area contributed by atoms with E-state index >= 15 is 0 Å². The summed E-state index contributed by atoms with van der Waals surface area (Å²) < 4.78 is 0. The minimum Gasteiger partial charge on any atom is -0.369 e. The van der Waals surface area contributed by atoms with E-state index in [9.17, 15) is 14.4 Å². The van der Waals surface area contributed by atoms with Crippen molar-refractivity contribution < 1.29 is 14.4 Å². The highest BCUT2D eigenvalue weighted by Gasteiger charge is 2.27. The average Bonchev–Trinajstić information content (AvgIpc) is 3.24. The third kappa shape index (κ3) is 6.38. The van der Waals surface area contributed by atoms with Crippen molar-refractivity contribution >= 4 is 52.0 Å². The van der Waals surface area contributed by atoms with Crippen LogP contribution in [-0.2, 0) is 22.6 Å². The van der Waals surface area contributed by atoms with E-state index in [1.165, 1.54) is 16.2 Å². The Balaban J connectivity index is 1.61. The fourth-order valence-electron chi connectivity index (χ4n) is 3.26. The number of aromatic nitrogens is 1. The van der Waals surface area contributed by atoms with E-state index in [0.717, 1.165) is 30.1 Å². The highest BCUT2D eigenvalue weighted by atomic mass is 32.1. The summed E-state index contributed by atoms with van der Waals surface area (Å²) >= 11 is 6.49. The molecule has 3 N–H and O–H groups in total. The molecule has 34 heavy (non-hydrogen) atoms. The van der Waals surface area contributed by atoms with E-state index in [-0.39, 0.29) is 17.4 Å². The number of hydrogen-bond acceptors (Lipinski definition) is 7. The predicted molar refractivity (Wildman–Crippen MR) is 136 cm³/mol. The van der Waals surface area contributed by atoms with Crippen LogP contribution in [0, 0.1) is 12.3 Å². The van der Waals surface area contributed by atoms with Crippen molar-refractivity contribution in [1.29, 1.82) is 0 Å². The van der Waals surface area contributed by atoms with E-state index in [1.54, 1.807) is 38.4 Å². The van der Waals surface area contributed by atoms with Gasteiger partial charge in [0.2, 0.25) is 5.91 Å². The molecule has 2 heterocycles. The first-order valence-corrected chi connectivity index (χ1v) is 11.8. The van der Waals surface area contributed by atoms with Gasteiger partial charge >= 0.3 is 0 Å². The summed E-state index contributed by atoms with van der Waals surface area (Å²) in [6, 6.07) is 5.79. The number of carbonyl (C=O) groups is 3. The zero-order chi connectivity index (χ0) is 24.8. The lowest BCUT2D eigenvalue weighted by molar-refractivity contribution is -0.130. The number of carbonyl (C=O) groups excluding carboxylic acids is 3. The van der Waals surface area contributed by atoms with Crippen molar-refractivity contribution in [3.63, 3.8) is 0 Å². The third-order valence-electron chi connectivity index (χ3n) is 5.14. The molecule has 1 atom stereocenters. The monoisotopic (exact) mass is 498 g/mol. The normalized spacial score (nSPS) is 13.7. The third-order valence-corrected chi connectivity index (χ3v) is 6.55. The molecule has 1 aromatic carbocycles. The maximum Gasteiger partial charge on any atom is 0.283 e. The Morgan fingerprint density at radius 3 is 2.65 bits per heavy atom. The highest BCUT2D eigenvalue weighted by molar-refractivity contribution is 7.82. The van der Waals surface area contributed by atoms with Gasteiger partial charge in [0.25, 0.3) is 11.8 Å². The zero-order valence-corrected chi connectivity index (χ0v) is 20.8. The zero-order valence-electron chi connectivity index (χ0n) is 19.2. The summed E-state index contributed by atoms with van der Waals surface area (Å²) in [6.45, 7) is 1.58. The van der Waals surface area contributed by atoms with E-state index in [4.69, 9.17) is 18.6 Å². The standard InChI is InChI=1S/C23H26N6O3S2/c1-5-14-6-8-15(9-7-14)25-19(30)21(33)24-12-17(23(32)28(2)3)26-20(31)22-27-16-10-11-29(4)13-18(16)34-22/h1,6-9,17H,10-13H2,2-4H3,(H,24,33)(H,25,30)(H,26,31). The maximum atomic E-state index is 12.9. The molecule has 1 aliphatic heterocycles. The molecule has 1 unspecified atom stereocenters. The summed E-state index contributed by atoms with van der Waals surface area (Å²) in [5, 5.41) is 8.47. The van der Waals surface area contributed by atoms with Crippen LogP contribution in [0.4, 0.5) is 5.69 Å². The van der Waals surface area contributed by atoms with Gasteiger partial charge in [0.05, 0.1) is 5.69 Å². The molecule has 3 amide bonds. The van der Waals surface area contributed by atoms with Crippen LogP contribution in [0.1, 0.15) is 25.9 Å². The van der Waals surface area contributed by atoms with Crippen molar-refractivity contribution in [3.05, 3.63) is 45.4 Å². The largest absolute Gasteiger partial charge is 0.369 e. The quantitative estimate of drug-likeness (QED) is 0.401. The maximum absolute atomic E-state index is 12.9. The Morgan fingerprint density at radius 1 is 1.29 bits per heavy atom. The molecule has 0 spiro atoms. The SMILES string of the molecule is C#Cc1ccc(NC(=O)C(=S)NCC(NC(=O)c2nc3c(s2)CN(C)CC3)C(=O)N(C)C)cc1. The number of thiazole rings is 1. The second-order valence-corrected chi connectivity index (χ2v) is 9.51. The number of thiocarbonyl (C=S) groups is 1. The summed E-state index contributed by atoms with van der Waals surface area (Å²) in [5.41, 5.74) is 2.14. The van der Waals surface area contributed by atoms with Gasteiger partial charge in [-0.15, -0.1) is 17.8 Å². The molecule has 11 heteroatoms. The Bertz CT molecular complexity index is 1140. The van der Waals surface area contributed by atoms with Gasteiger partial charge in [-0.1, -0.05) is 18.1 Å². The number of anilines is 1. The molecule has 178 valence electrons. The smallest absolute Gasteiger partial charge is 0.283 e. The first kappa shape index (κ1) is 25.3. The number of amides is 3. The van der Waals surface area contributed by atoms with Gasteiger partial charge in [0.15, 0.2) is 10.00 Å². The lowest BCUT2D eigenvalue weighted by Crippen LogP contribution is -2.53. The Kier molecular flexibility index (Phi) is 8.33. The molecule has 0 fully saturated rings. The number of likely N-dealkylation sites (N-methyl/N-ethyl adjacent to an activating group) is 2. The lowest BCUT2D eigenvalue weighted by Gasteiger charge is -2.22. The molecule has 0 aliphatic carbocycles. The van der Waals surface area contributed by atoms with Gasteiger partial charge in [-0.25, -0.2) is 4.98 Å². The second-order valence-electron chi connectivity index (χ2n) is 8.02. The molecule has 0 saturated carbocycles. The Morgan fingerprint density at radius 2 is 2.00 bits per heavy atom. The summed E-state index contributed by atoms with van der Waals surface area (Å²) in [5.74, 6) is 1.18. The van der Waals surface area contributed by atoms with Crippen LogP contribution in [-0.4, -0.2) is 77.8 Å². The van der Waals surface area contributed by atoms with Crippen molar-refractivity contribution in [1.82, 2.24) is 25.4 Å². The molecule has 3 rings (SSSR count). The Hall–Kier alpha value is -3.33. The lowest BCUT2D eigenvalue weighted by atomic mass is 10.2. The molecule has 0 bridgehead atoms. The van der Waals surface area contributed by atoms with Gasteiger partial charge in [0, 0.05) is 56.3 Å². The highest BCUT2D eigenvalue weighted by Crippen LogP contribution is 2.24. The molecule has 2 aromatic rings. The van der Waals surface area contributed by atoms with Gasteiger partial charge < -0.3 is 25.8 Å². The van der Waals surface area contributed by atoms with Crippen LogP contribution in [0.25, 0.3) is 0 Å². The predicted octanol–water partition coefficient (Wildman–Crippen LogP) is 0.855. The average molecular weight is 499 g/mol. The van der Waals surface area contributed by atoms with Gasteiger partial charge in [-0.05, 0) is 31.3 Å². The number of nitrogens with zero attached hydrogens (tertiary/aromatic N) is 3. The van der Waals surface area contributed by atoms with Crippen molar-refractivity contribution in [2.24, 2.45) is 0 Å². The van der Waals surface area contributed by atoms with E-state index in [0.29, 0.717) is 16.3 Å². The van der Waals surface area contributed by atoms with Crippen molar-refractivity contribution in [2.45, 2.75) is 19.0 Å². The van der Waals surface area contributed by atoms with Crippen molar-refractivity contribution in [3.8, 4) is 12.3 Å². The number of terminal acetylenes is 1. The molecular weight excluding hydrogens is 472 g/mol. The number of benzene rings is 1. The number of rotatable bonds is 6. The minimum atomic E-state index is -0.938. The summed E-state index contributed by atoms with van der Waals surface area (Å²) in [7, 11) is 5.19. The van der Waals surface area contributed by atoms with Crippen LogP contribution in [0.5, 0.6) is 0 Å². The van der Waals surface area contributed by atoms with Crippen LogP contribution in [0.3, 0.4) is 0 Å². The van der Waals surface area contributed by atoms with Crippen LogP contribution < -0.4 is 16.0 Å². The first-order chi connectivity index (χ1) is 16.2. The van der Waals surface area contributed by atoms with Gasteiger partial charge in [0.1, 0.15) is 6.04 Å².